The molecule has 0 bridgehead atoms. The van der Waals surface area contributed by atoms with Gasteiger partial charge >= 0.3 is 0 Å². The Labute approximate surface area is 119 Å². The van der Waals surface area contributed by atoms with E-state index >= 15 is 0 Å². The molecule has 0 aromatic carbocycles. The summed E-state index contributed by atoms with van der Waals surface area (Å²) in [6, 6.07) is 5.71. The zero-order valence-corrected chi connectivity index (χ0v) is 10.9. The fourth-order valence-corrected chi connectivity index (χ4v) is 1.73. The van der Waals surface area contributed by atoms with Crippen molar-refractivity contribution in [3.8, 4) is 6.07 Å². The van der Waals surface area contributed by atoms with E-state index in [4.69, 9.17) is 0 Å². The Morgan fingerprint density at radius 2 is 2.19 bits per heavy atom. The van der Waals surface area contributed by atoms with Crippen molar-refractivity contribution in [2.75, 3.05) is 0 Å². The molecule has 0 aliphatic carbocycles. The minimum Gasteiger partial charge on any atom is -0.265 e. The number of hydrogen-bond acceptors (Lipinski definition) is 6. The number of nitrogens with zero attached hydrogens (tertiary/aromatic N) is 7. The molecule has 0 fully saturated rings. The van der Waals surface area contributed by atoms with Crippen LogP contribution in [0.5, 0.6) is 0 Å². The van der Waals surface area contributed by atoms with E-state index in [0.717, 1.165) is 5.56 Å². The van der Waals surface area contributed by atoms with Gasteiger partial charge in [-0.3, -0.25) is 10.1 Å². The molecule has 0 unspecified atom stereocenters. The average Bonchev–Trinajstić information content (AvgIpc) is 3.18. The lowest BCUT2D eigenvalue weighted by atomic mass is 10.1. The van der Waals surface area contributed by atoms with Gasteiger partial charge in [0.05, 0.1) is 5.57 Å². The van der Waals surface area contributed by atoms with E-state index in [2.05, 4.69) is 36.3 Å². The van der Waals surface area contributed by atoms with Crippen LogP contribution in [-0.4, -0.2) is 34.9 Å². The van der Waals surface area contributed by atoms with Crippen LogP contribution in [0.2, 0.25) is 0 Å². The lowest BCUT2D eigenvalue weighted by molar-refractivity contribution is 0.655. The molecule has 3 rings (SSSR count). The summed E-state index contributed by atoms with van der Waals surface area (Å²) in [5.41, 5.74) is 1.24. The van der Waals surface area contributed by atoms with Gasteiger partial charge in [-0.25, -0.2) is 14.6 Å². The van der Waals surface area contributed by atoms with Crippen LogP contribution in [-0.2, 0) is 6.54 Å². The predicted molar refractivity (Wildman–Crippen MR) is 73.2 cm³/mol. The molecule has 0 saturated heterocycles. The zero-order chi connectivity index (χ0) is 14.5. The summed E-state index contributed by atoms with van der Waals surface area (Å²) >= 11 is 0. The third kappa shape index (κ3) is 2.98. The highest BCUT2D eigenvalue weighted by molar-refractivity contribution is 5.86. The van der Waals surface area contributed by atoms with Crippen molar-refractivity contribution in [3.63, 3.8) is 0 Å². The second kappa shape index (κ2) is 5.75. The summed E-state index contributed by atoms with van der Waals surface area (Å²) in [7, 11) is 0. The minimum absolute atomic E-state index is 0.351. The van der Waals surface area contributed by atoms with Gasteiger partial charge in [-0.05, 0) is 23.8 Å². The van der Waals surface area contributed by atoms with Crippen LogP contribution in [0.4, 0.5) is 0 Å². The summed E-state index contributed by atoms with van der Waals surface area (Å²) in [4.78, 5) is 12.1. The van der Waals surface area contributed by atoms with Crippen LogP contribution in [0.25, 0.3) is 11.6 Å². The normalized spacial score (nSPS) is 11.3. The maximum Gasteiger partial charge on any atom is 0.191 e. The molecule has 0 saturated carbocycles. The number of nitrogens with one attached hydrogen (secondary N) is 1. The molecule has 1 N–H and O–H groups in total. The number of allylic oxidation sites excluding steroid dienone is 1. The van der Waals surface area contributed by atoms with Crippen LogP contribution in [0.3, 0.4) is 0 Å². The predicted octanol–water partition coefficient (Wildman–Crippen LogP) is 0.904. The number of pyridine rings is 1. The van der Waals surface area contributed by atoms with Crippen LogP contribution >= 0.6 is 0 Å². The van der Waals surface area contributed by atoms with Gasteiger partial charge < -0.3 is 0 Å². The Hall–Kier alpha value is -3.34. The first-order valence-corrected chi connectivity index (χ1v) is 6.11. The molecule has 8 heteroatoms. The van der Waals surface area contributed by atoms with Crippen molar-refractivity contribution >= 4 is 11.6 Å². The van der Waals surface area contributed by atoms with E-state index in [1.807, 2.05) is 0 Å². The maximum absolute atomic E-state index is 9.25. The highest BCUT2D eigenvalue weighted by Crippen LogP contribution is 2.13. The Morgan fingerprint density at radius 1 is 1.33 bits per heavy atom. The van der Waals surface area contributed by atoms with Crippen molar-refractivity contribution in [2.24, 2.45) is 0 Å². The molecule has 3 heterocycles. The second-order valence-corrected chi connectivity index (χ2v) is 4.15. The van der Waals surface area contributed by atoms with E-state index in [0.29, 0.717) is 23.8 Å². The van der Waals surface area contributed by atoms with Crippen molar-refractivity contribution in [3.05, 3.63) is 54.4 Å². The minimum atomic E-state index is 0.351. The molecule has 102 valence electrons. The summed E-state index contributed by atoms with van der Waals surface area (Å²) < 4.78 is 1.61. The summed E-state index contributed by atoms with van der Waals surface area (Å²) in [6.07, 6.45) is 8.07. The SMILES string of the molecule is N#CC(=Cc1ccncc1)c1n[nH]c(Cn2cncn2)n1. The number of aromatic amines is 1. The number of hydrogen-bond donors (Lipinski definition) is 1. The van der Waals surface area contributed by atoms with Gasteiger partial charge in [0.2, 0.25) is 0 Å². The van der Waals surface area contributed by atoms with Crippen LogP contribution in [0, 0.1) is 11.3 Å². The first kappa shape index (κ1) is 12.7. The standard InChI is InChI=1S/C13H10N8/c14-6-11(5-10-1-3-15-4-2-10)13-18-12(19-20-13)7-21-9-16-8-17-21/h1-5,8-9H,7H2,(H,18,19,20). The second-order valence-electron chi connectivity index (χ2n) is 4.15. The Morgan fingerprint density at radius 3 is 2.90 bits per heavy atom. The topological polar surface area (TPSA) is 109 Å². The molecule has 0 amide bonds. The Bertz CT molecular complexity index is 779. The molecular formula is C13H10N8. The monoisotopic (exact) mass is 278 g/mol. The van der Waals surface area contributed by atoms with E-state index in [-0.39, 0.29) is 0 Å². The van der Waals surface area contributed by atoms with Crippen molar-refractivity contribution in [1.29, 1.82) is 5.26 Å². The fourth-order valence-electron chi connectivity index (χ4n) is 1.73. The lowest BCUT2D eigenvalue weighted by Gasteiger charge is -1.94. The summed E-state index contributed by atoms with van der Waals surface area (Å²) in [5, 5.41) is 20.1. The maximum atomic E-state index is 9.25. The third-order valence-corrected chi connectivity index (χ3v) is 2.69. The van der Waals surface area contributed by atoms with E-state index in [1.165, 1.54) is 6.33 Å². The van der Waals surface area contributed by atoms with Crippen LogP contribution in [0.1, 0.15) is 17.2 Å². The quantitative estimate of drug-likeness (QED) is 0.710. The van der Waals surface area contributed by atoms with Gasteiger partial charge in [0.1, 0.15) is 31.1 Å². The molecule has 8 nitrogen and oxygen atoms in total. The zero-order valence-electron chi connectivity index (χ0n) is 10.9. The smallest absolute Gasteiger partial charge is 0.191 e. The molecule has 0 aliphatic rings. The van der Waals surface area contributed by atoms with Crippen LogP contribution in [0.15, 0.2) is 37.2 Å². The van der Waals surface area contributed by atoms with Gasteiger partial charge in [0.15, 0.2) is 5.82 Å². The molecule has 0 radical (unpaired) electrons. The van der Waals surface area contributed by atoms with Crippen molar-refractivity contribution < 1.29 is 0 Å². The fraction of sp³-hybridized carbons (Fsp3) is 0.0769. The molecule has 0 atom stereocenters. The first-order chi connectivity index (χ1) is 10.3. The van der Waals surface area contributed by atoms with E-state index in [9.17, 15) is 5.26 Å². The van der Waals surface area contributed by atoms with Gasteiger partial charge in [-0.1, -0.05) is 0 Å². The molecule has 0 spiro atoms. The molecule has 3 aromatic rings. The number of H-pyrrole nitrogens is 1. The highest BCUT2D eigenvalue weighted by atomic mass is 15.3. The summed E-state index contributed by atoms with van der Waals surface area (Å²) in [5.74, 6) is 0.954. The van der Waals surface area contributed by atoms with Crippen molar-refractivity contribution in [2.45, 2.75) is 6.54 Å². The lowest BCUT2D eigenvalue weighted by Crippen LogP contribution is -2.01. The van der Waals surface area contributed by atoms with E-state index in [1.54, 1.807) is 41.6 Å². The number of nitriles is 1. The van der Waals surface area contributed by atoms with Crippen LogP contribution < -0.4 is 0 Å². The first-order valence-electron chi connectivity index (χ1n) is 6.11. The van der Waals surface area contributed by atoms with Gasteiger partial charge in [0, 0.05) is 12.4 Å². The largest absolute Gasteiger partial charge is 0.265 e. The molecule has 3 aromatic heterocycles. The Balaban J connectivity index is 1.84. The average molecular weight is 278 g/mol. The summed E-state index contributed by atoms with van der Waals surface area (Å²) in [6.45, 7) is 0.418. The molecular weight excluding hydrogens is 268 g/mol. The van der Waals surface area contributed by atoms with Gasteiger partial charge in [0.25, 0.3) is 0 Å². The van der Waals surface area contributed by atoms with Gasteiger partial charge in [-0.15, -0.1) is 0 Å². The van der Waals surface area contributed by atoms with E-state index < -0.39 is 0 Å². The third-order valence-electron chi connectivity index (χ3n) is 2.69. The van der Waals surface area contributed by atoms with Gasteiger partial charge in [-0.2, -0.15) is 15.5 Å². The number of rotatable bonds is 4. The Kier molecular flexibility index (Phi) is 3.47. The molecule has 0 aliphatic heterocycles. The molecule has 21 heavy (non-hydrogen) atoms. The highest BCUT2D eigenvalue weighted by Gasteiger charge is 2.09. The van der Waals surface area contributed by atoms with Crippen molar-refractivity contribution in [1.82, 2.24) is 34.9 Å². The number of aromatic nitrogens is 7.